The van der Waals surface area contributed by atoms with Gasteiger partial charge < -0.3 is 24.6 Å². The lowest BCUT2D eigenvalue weighted by molar-refractivity contribution is -0.219. The first kappa shape index (κ1) is 27.3. The van der Waals surface area contributed by atoms with Crippen LogP contribution >= 0.6 is 0 Å². The van der Waals surface area contributed by atoms with Gasteiger partial charge in [0, 0.05) is 30.7 Å². The van der Waals surface area contributed by atoms with Gasteiger partial charge in [-0.25, -0.2) is 14.4 Å². The Morgan fingerprint density at radius 1 is 1.06 bits per heavy atom. The number of hydrogen-bond acceptors (Lipinski definition) is 7. The Bertz CT molecular complexity index is 1220. The number of fused-ring (bicyclic) bond motifs is 1. The van der Waals surface area contributed by atoms with Gasteiger partial charge in [-0.3, -0.25) is 0 Å². The molecule has 2 aromatic carbocycles. The van der Waals surface area contributed by atoms with E-state index in [0.29, 0.717) is 16.7 Å². The molecule has 196 valence electrons. The van der Waals surface area contributed by atoms with Crippen LogP contribution in [-0.4, -0.2) is 54.8 Å². The summed E-state index contributed by atoms with van der Waals surface area (Å²) in [5.74, 6) is -4.45. The van der Waals surface area contributed by atoms with E-state index >= 15 is 0 Å². The Hall–Kier alpha value is -3.32. The minimum Gasteiger partial charge on any atom is -0.493 e. The summed E-state index contributed by atoms with van der Waals surface area (Å²) in [5, 5.41) is 12.0. The number of methoxy groups -OCH3 is 2. The van der Waals surface area contributed by atoms with E-state index in [4.69, 9.17) is 14.6 Å². The summed E-state index contributed by atoms with van der Waals surface area (Å²) in [7, 11) is 2.21. The van der Waals surface area contributed by atoms with Crippen molar-refractivity contribution in [3.8, 4) is 11.5 Å². The number of rotatable bonds is 10. The maximum Gasteiger partial charge on any atom is 0.417 e. The molecule has 0 fully saturated rings. The third-order valence-corrected chi connectivity index (χ3v) is 5.25. The van der Waals surface area contributed by atoms with Crippen molar-refractivity contribution >= 4 is 16.7 Å². The van der Waals surface area contributed by atoms with Gasteiger partial charge >= 0.3 is 6.18 Å². The van der Waals surface area contributed by atoms with E-state index in [-0.39, 0.29) is 29.4 Å². The maximum absolute atomic E-state index is 14.7. The van der Waals surface area contributed by atoms with Crippen LogP contribution in [0.1, 0.15) is 17.0 Å². The standard InChI is InChI=1S/C23H23F6N3O4/c1-12-31-16-8-17(34-2)18(36-10-19(35-3)23(27,28)29)7-14(16)21(32-12)30-9-13-5-4-6-15(20(13)24)22(25,26)11-33/h4-8,19,33H,9-11H2,1-3H3,(H,30,31,32). The molecule has 1 heterocycles. The second-order valence-corrected chi connectivity index (χ2v) is 7.71. The summed E-state index contributed by atoms with van der Waals surface area (Å²) in [6.45, 7) is -1.10. The number of aromatic nitrogens is 2. The number of halogens is 6. The van der Waals surface area contributed by atoms with Crippen LogP contribution in [0.15, 0.2) is 30.3 Å². The van der Waals surface area contributed by atoms with E-state index in [1.807, 2.05) is 0 Å². The first-order chi connectivity index (χ1) is 16.9. The van der Waals surface area contributed by atoms with Crippen LogP contribution in [-0.2, 0) is 17.2 Å². The molecule has 0 aliphatic heterocycles. The van der Waals surface area contributed by atoms with Gasteiger partial charge in [0.2, 0.25) is 0 Å². The zero-order chi connectivity index (χ0) is 26.7. The molecule has 36 heavy (non-hydrogen) atoms. The molecular formula is C23H23F6N3O4. The monoisotopic (exact) mass is 519 g/mol. The fourth-order valence-corrected chi connectivity index (χ4v) is 3.38. The van der Waals surface area contributed by atoms with E-state index in [2.05, 4.69) is 20.0 Å². The number of anilines is 1. The number of aliphatic hydroxyl groups is 1. The van der Waals surface area contributed by atoms with Gasteiger partial charge in [0.25, 0.3) is 5.92 Å². The van der Waals surface area contributed by atoms with Crippen LogP contribution in [0, 0.1) is 12.7 Å². The van der Waals surface area contributed by atoms with Crippen molar-refractivity contribution in [1.29, 1.82) is 0 Å². The molecule has 0 bridgehead atoms. The fraction of sp³-hybridized carbons (Fsp3) is 0.391. The molecule has 0 radical (unpaired) electrons. The number of hydrogen-bond donors (Lipinski definition) is 2. The molecular weight excluding hydrogens is 496 g/mol. The summed E-state index contributed by atoms with van der Waals surface area (Å²) in [6, 6.07) is 6.18. The molecule has 1 aromatic heterocycles. The van der Waals surface area contributed by atoms with E-state index in [0.717, 1.165) is 13.2 Å². The summed E-state index contributed by atoms with van der Waals surface area (Å²) in [6.07, 6.45) is -6.84. The van der Waals surface area contributed by atoms with Crippen LogP contribution in [0.2, 0.25) is 0 Å². The minimum absolute atomic E-state index is 0.0532. The minimum atomic E-state index is -4.66. The number of aryl methyl sites for hydroxylation is 1. The number of benzene rings is 2. The van der Waals surface area contributed by atoms with Crippen molar-refractivity contribution in [3.63, 3.8) is 0 Å². The zero-order valence-electron chi connectivity index (χ0n) is 19.4. The Morgan fingerprint density at radius 3 is 2.39 bits per heavy atom. The Labute approximate surface area is 202 Å². The van der Waals surface area contributed by atoms with Gasteiger partial charge in [0.05, 0.1) is 18.2 Å². The van der Waals surface area contributed by atoms with Crippen LogP contribution in [0.3, 0.4) is 0 Å². The SMILES string of the molecule is COc1cc2nc(C)nc(NCc3cccc(C(F)(F)CO)c3F)c2cc1OCC(OC)C(F)(F)F. The molecule has 7 nitrogen and oxygen atoms in total. The van der Waals surface area contributed by atoms with Crippen molar-refractivity contribution < 1.29 is 45.7 Å². The molecule has 0 spiro atoms. The number of nitrogens with zero attached hydrogens (tertiary/aromatic N) is 2. The third-order valence-electron chi connectivity index (χ3n) is 5.25. The Kier molecular flexibility index (Phi) is 8.14. The van der Waals surface area contributed by atoms with Gasteiger partial charge in [0.15, 0.2) is 17.6 Å². The molecule has 3 aromatic rings. The highest BCUT2D eigenvalue weighted by atomic mass is 19.4. The van der Waals surface area contributed by atoms with E-state index in [9.17, 15) is 26.3 Å². The lowest BCUT2D eigenvalue weighted by Gasteiger charge is -2.20. The van der Waals surface area contributed by atoms with Crippen LogP contribution in [0.5, 0.6) is 11.5 Å². The molecule has 0 aliphatic rings. The molecule has 2 N–H and O–H groups in total. The third kappa shape index (κ3) is 5.90. The highest BCUT2D eigenvalue weighted by molar-refractivity contribution is 5.91. The second kappa shape index (κ2) is 10.7. The van der Waals surface area contributed by atoms with Crippen LogP contribution in [0.25, 0.3) is 10.9 Å². The van der Waals surface area contributed by atoms with Gasteiger partial charge in [0.1, 0.15) is 30.7 Å². The summed E-state index contributed by atoms with van der Waals surface area (Å²) < 4.78 is 96.5. The second-order valence-electron chi connectivity index (χ2n) is 7.71. The first-order valence-electron chi connectivity index (χ1n) is 10.5. The summed E-state index contributed by atoms with van der Waals surface area (Å²) in [5.41, 5.74) is -0.733. The molecule has 0 saturated heterocycles. The largest absolute Gasteiger partial charge is 0.493 e. The quantitative estimate of drug-likeness (QED) is 0.375. The zero-order valence-corrected chi connectivity index (χ0v) is 19.4. The number of nitrogens with one attached hydrogen (secondary N) is 1. The summed E-state index contributed by atoms with van der Waals surface area (Å²) in [4.78, 5) is 8.52. The van der Waals surface area contributed by atoms with Crippen LogP contribution < -0.4 is 14.8 Å². The lowest BCUT2D eigenvalue weighted by Crippen LogP contribution is -2.36. The predicted octanol–water partition coefficient (Wildman–Crippen LogP) is 4.74. The highest BCUT2D eigenvalue weighted by Gasteiger charge is 2.40. The smallest absolute Gasteiger partial charge is 0.417 e. The number of ether oxygens (including phenoxy) is 3. The topological polar surface area (TPSA) is 85.7 Å². The Morgan fingerprint density at radius 2 is 1.78 bits per heavy atom. The van der Waals surface area contributed by atoms with E-state index < -0.39 is 42.8 Å². The van der Waals surface area contributed by atoms with Gasteiger partial charge in [-0.05, 0) is 19.1 Å². The maximum atomic E-state index is 14.7. The number of alkyl halides is 5. The normalized spacial score (nSPS) is 13.1. The molecule has 0 aliphatic carbocycles. The van der Waals surface area contributed by atoms with Crippen LogP contribution in [0.4, 0.5) is 32.2 Å². The molecule has 1 atom stereocenters. The lowest BCUT2D eigenvalue weighted by atomic mass is 10.0. The van der Waals surface area contributed by atoms with Crippen molar-refractivity contribution in [3.05, 3.63) is 53.1 Å². The average Bonchev–Trinajstić information content (AvgIpc) is 2.82. The molecule has 1 unspecified atom stereocenters. The molecule has 0 amide bonds. The van der Waals surface area contributed by atoms with Gasteiger partial charge in [-0.15, -0.1) is 0 Å². The first-order valence-corrected chi connectivity index (χ1v) is 10.5. The van der Waals surface area contributed by atoms with Gasteiger partial charge in [-0.1, -0.05) is 12.1 Å². The van der Waals surface area contributed by atoms with Crippen molar-refractivity contribution in [1.82, 2.24) is 9.97 Å². The van der Waals surface area contributed by atoms with E-state index in [1.165, 1.54) is 31.4 Å². The molecule has 3 rings (SSSR count). The summed E-state index contributed by atoms with van der Waals surface area (Å²) >= 11 is 0. The highest BCUT2D eigenvalue weighted by Crippen LogP contribution is 2.36. The van der Waals surface area contributed by atoms with Crippen molar-refractivity contribution in [2.24, 2.45) is 0 Å². The number of aliphatic hydroxyl groups excluding tert-OH is 1. The van der Waals surface area contributed by atoms with Gasteiger partial charge in [-0.2, -0.15) is 22.0 Å². The fourth-order valence-electron chi connectivity index (χ4n) is 3.38. The molecule has 13 heteroatoms. The van der Waals surface area contributed by atoms with E-state index in [1.54, 1.807) is 6.92 Å². The van der Waals surface area contributed by atoms with Crippen molar-refractivity contribution in [2.75, 3.05) is 32.8 Å². The predicted molar refractivity (Wildman–Crippen MR) is 118 cm³/mol. The average molecular weight is 519 g/mol. The van der Waals surface area contributed by atoms with Crippen molar-refractivity contribution in [2.45, 2.75) is 31.7 Å². The Balaban J connectivity index is 1.95. The molecule has 0 saturated carbocycles.